The van der Waals surface area contributed by atoms with E-state index in [1.165, 1.54) is 12.1 Å². The molecule has 4 nitrogen and oxygen atoms in total. The zero-order chi connectivity index (χ0) is 15.5. The number of alkyl halides is 3. The van der Waals surface area contributed by atoms with Crippen molar-refractivity contribution in [1.82, 2.24) is 10.6 Å². The van der Waals surface area contributed by atoms with Crippen LogP contribution >= 0.6 is 12.4 Å². The third-order valence-electron chi connectivity index (χ3n) is 3.35. The minimum atomic E-state index is -4.35. The first kappa shape index (κ1) is 18.7. The SMILES string of the molecule is C[C@H]1OCCN[C@@H]1C(=O)NCc1ccc(C(F)(F)F)cc1.Cl. The Kier molecular flexibility index (Phi) is 6.65. The summed E-state index contributed by atoms with van der Waals surface area (Å²) in [6.45, 7) is 3.14. The van der Waals surface area contributed by atoms with E-state index in [1.54, 1.807) is 6.92 Å². The van der Waals surface area contributed by atoms with Gasteiger partial charge in [0.25, 0.3) is 0 Å². The van der Waals surface area contributed by atoms with Gasteiger partial charge in [0.1, 0.15) is 6.04 Å². The van der Waals surface area contributed by atoms with Crippen LogP contribution in [0.5, 0.6) is 0 Å². The first-order valence-corrected chi connectivity index (χ1v) is 6.67. The lowest BCUT2D eigenvalue weighted by atomic mass is 10.1. The molecule has 1 aromatic carbocycles. The van der Waals surface area contributed by atoms with Crippen LogP contribution in [-0.2, 0) is 22.3 Å². The van der Waals surface area contributed by atoms with Crippen molar-refractivity contribution in [2.75, 3.05) is 13.2 Å². The van der Waals surface area contributed by atoms with Crippen molar-refractivity contribution in [3.05, 3.63) is 35.4 Å². The molecule has 0 aromatic heterocycles. The van der Waals surface area contributed by atoms with Crippen molar-refractivity contribution >= 4 is 18.3 Å². The number of rotatable bonds is 3. The molecule has 22 heavy (non-hydrogen) atoms. The molecule has 0 saturated carbocycles. The Morgan fingerprint density at radius 2 is 2.00 bits per heavy atom. The van der Waals surface area contributed by atoms with Crippen LogP contribution in [0.15, 0.2) is 24.3 Å². The van der Waals surface area contributed by atoms with E-state index in [-0.39, 0.29) is 31.0 Å². The number of hydrogen-bond donors (Lipinski definition) is 2. The first-order valence-electron chi connectivity index (χ1n) is 6.67. The molecule has 1 aromatic rings. The second-order valence-corrected chi connectivity index (χ2v) is 4.92. The smallest absolute Gasteiger partial charge is 0.375 e. The highest BCUT2D eigenvalue weighted by Crippen LogP contribution is 2.29. The molecule has 2 atom stereocenters. The number of carbonyl (C=O) groups excluding carboxylic acids is 1. The molecule has 0 radical (unpaired) electrons. The molecule has 124 valence electrons. The summed E-state index contributed by atoms with van der Waals surface area (Å²) in [5.41, 5.74) is -0.0886. The normalized spacial score (nSPS) is 21.8. The third kappa shape index (κ3) is 4.86. The maximum absolute atomic E-state index is 12.4. The van der Waals surface area contributed by atoms with E-state index in [0.29, 0.717) is 18.7 Å². The summed E-state index contributed by atoms with van der Waals surface area (Å²) in [6.07, 6.45) is -4.58. The third-order valence-corrected chi connectivity index (χ3v) is 3.35. The zero-order valence-electron chi connectivity index (χ0n) is 11.9. The van der Waals surface area contributed by atoms with E-state index < -0.39 is 17.8 Å². The van der Waals surface area contributed by atoms with Crippen LogP contribution in [0.25, 0.3) is 0 Å². The summed E-state index contributed by atoms with van der Waals surface area (Å²) in [6, 6.07) is 4.29. The summed E-state index contributed by atoms with van der Waals surface area (Å²) in [5, 5.41) is 5.74. The van der Waals surface area contributed by atoms with Gasteiger partial charge >= 0.3 is 6.18 Å². The van der Waals surface area contributed by atoms with Gasteiger partial charge in [-0.1, -0.05) is 12.1 Å². The highest BCUT2D eigenvalue weighted by Gasteiger charge is 2.30. The van der Waals surface area contributed by atoms with E-state index in [1.807, 2.05) is 0 Å². The van der Waals surface area contributed by atoms with E-state index in [2.05, 4.69) is 10.6 Å². The van der Waals surface area contributed by atoms with Crippen LogP contribution in [-0.4, -0.2) is 31.2 Å². The average molecular weight is 339 g/mol. The summed E-state index contributed by atoms with van der Waals surface area (Å²) in [5.74, 6) is -0.220. The molecule has 2 N–H and O–H groups in total. The monoisotopic (exact) mass is 338 g/mol. The molecule has 0 spiro atoms. The van der Waals surface area contributed by atoms with Crippen molar-refractivity contribution in [2.45, 2.75) is 31.8 Å². The van der Waals surface area contributed by atoms with Gasteiger partial charge in [0.15, 0.2) is 0 Å². The minimum Gasteiger partial charge on any atom is -0.375 e. The molecular weight excluding hydrogens is 321 g/mol. The fraction of sp³-hybridized carbons (Fsp3) is 0.500. The highest BCUT2D eigenvalue weighted by molar-refractivity contribution is 5.85. The molecule has 1 aliphatic heterocycles. The molecule has 8 heteroatoms. The Labute approximate surface area is 132 Å². The Balaban J connectivity index is 0.00000242. The predicted octanol–water partition coefficient (Wildman–Crippen LogP) is 2.12. The lowest BCUT2D eigenvalue weighted by Crippen LogP contribution is -2.55. The average Bonchev–Trinajstić information content (AvgIpc) is 2.45. The lowest BCUT2D eigenvalue weighted by molar-refractivity contribution is -0.137. The molecular formula is C14H18ClF3N2O2. The van der Waals surface area contributed by atoms with Crippen molar-refractivity contribution in [3.8, 4) is 0 Å². The summed E-state index contributed by atoms with van der Waals surface area (Å²) in [4.78, 5) is 12.0. The number of nitrogens with one attached hydrogen (secondary N) is 2. The highest BCUT2D eigenvalue weighted by atomic mass is 35.5. The molecule has 0 unspecified atom stereocenters. The lowest BCUT2D eigenvalue weighted by Gasteiger charge is -2.29. The fourth-order valence-corrected chi connectivity index (χ4v) is 2.14. The molecule has 0 bridgehead atoms. The minimum absolute atomic E-state index is 0. The van der Waals surface area contributed by atoms with Crippen LogP contribution in [0.4, 0.5) is 13.2 Å². The molecule has 2 rings (SSSR count). The zero-order valence-corrected chi connectivity index (χ0v) is 12.8. The number of halogens is 4. The molecule has 1 saturated heterocycles. The molecule has 0 aliphatic carbocycles. The van der Waals surface area contributed by atoms with E-state index in [0.717, 1.165) is 12.1 Å². The second kappa shape index (κ2) is 7.80. The number of carbonyl (C=O) groups is 1. The van der Waals surface area contributed by atoms with Gasteiger partial charge in [0.2, 0.25) is 5.91 Å². The first-order chi connectivity index (χ1) is 9.88. The molecule has 1 amide bonds. The van der Waals surface area contributed by atoms with Gasteiger partial charge in [-0.2, -0.15) is 13.2 Å². The predicted molar refractivity (Wildman–Crippen MR) is 77.7 cm³/mol. The van der Waals surface area contributed by atoms with E-state index in [4.69, 9.17) is 4.74 Å². The molecule has 1 aliphatic rings. The van der Waals surface area contributed by atoms with Crippen LogP contribution < -0.4 is 10.6 Å². The topological polar surface area (TPSA) is 50.4 Å². The standard InChI is InChI=1S/C14H17F3N2O2.ClH/c1-9-12(18-6-7-21-9)13(20)19-8-10-2-4-11(5-3-10)14(15,16)17;/h2-5,9,12,18H,6-8H2,1H3,(H,19,20);1H/t9-,12+;/m1./s1. The van der Waals surface area contributed by atoms with Gasteiger partial charge in [-0.25, -0.2) is 0 Å². The number of morpholine rings is 1. The molecule has 1 heterocycles. The van der Waals surface area contributed by atoms with Crippen molar-refractivity contribution in [1.29, 1.82) is 0 Å². The number of hydrogen-bond acceptors (Lipinski definition) is 3. The van der Waals surface area contributed by atoms with Crippen molar-refractivity contribution < 1.29 is 22.7 Å². The van der Waals surface area contributed by atoms with Gasteiger partial charge in [0, 0.05) is 13.1 Å². The van der Waals surface area contributed by atoms with E-state index in [9.17, 15) is 18.0 Å². The number of amides is 1. The van der Waals surface area contributed by atoms with Crippen LogP contribution in [0, 0.1) is 0 Å². The quantitative estimate of drug-likeness (QED) is 0.887. The van der Waals surface area contributed by atoms with Gasteiger partial charge < -0.3 is 15.4 Å². The van der Waals surface area contributed by atoms with Crippen LogP contribution in [0.1, 0.15) is 18.1 Å². The number of benzene rings is 1. The Hall–Kier alpha value is -1.31. The Morgan fingerprint density at radius 3 is 2.55 bits per heavy atom. The van der Waals surface area contributed by atoms with Crippen molar-refractivity contribution in [3.63, 3.8) is 0 Å². The molecule has 1 fully saturated rings. The summed E-state index contributed by atoms with van der Waals surface area (Å²) >= 11 is 0. The number of ether oxygens (including phenoxy) is 1. The Bertz CT molecular complexity index is 494. The van der Waals surface area contributed by atoms with Crippen LogP contribution in [0.2, 0.25) is 0 Å². The Morgan fingerprint density at radius 1 is 1.36 bits per heavy atom. The fourth-order valence-electron chi connectivity index (χ4n) is 2.14. The summed E-state index contributed by atoms with van der Waals surface area (Å²) < 4.78 is 42.7. The van der Waals surface area contributed by atoms with Gasteiger partial charge in [-0.05, 0) is 24.6 Å². The van der Waals surface area contributed by atoms with E-state index >= 15 is 0 Å². The summed E-state index contributed by atoms with van der Waals surface area (Å²) in [7, 11) is 0. The van der Waals surface area contributed by atoms with Crippen molar-refractivity contribution in [2.24, 2.45) is 0 Å². The largest absolute Gasteiger partial charge is 0.416 e. The maximum atomic E-state index is 12.4. The van der Waals surface area contributed by atoms with Crippen LogP contribution in [0.3, 0.4) is 0 Å². The van der Waals surface area contributed by atoms with Gasteiger partial charge in [-0.15, -0.1) is 12.4 Å². The maximum Gasteiger partial charge on any atom is 0.416 e. The van der Waals surface area contributed by atoms with Gasteiger partial charge in [-0.3, -0.25) is 4.79 Å². The second-order valence-electron chi connectivity index (χ2n) is 4.92. The van der Waals surface area contributed by atoms with Gasteiger partial charge in [0.05, 0.1) is 18.3 Å².